The Kier molecular flexibility index (Phi) is 29.1. The number of nitrogen functional groups attached to an aromatic ring is 2. The zero-order valence-electron chi connectivity index (χ0n) is 73.0. The molecule has 0 atom stereocenters. The van der Waals surface area contributed by atoms with E-state index in [0.717, 1.165) is 0 Å². The van der Waals surface area contributed by atoms with Crippen LogP contribution >= 0.6 is 81.2 Å². The number of fused-ring (bicyclic) bond motifs is 3. The van der Waals surface area contributed by atoms with Crippen molar-refractivity contribution in [2.75, 3.05) is 105 Å². The van der Waals surface area contributed by atoms with Gasteiger partial charge in [0.05, 0.1) is 105 Å². The highest BCUT2D eigenvalue weighted by Gasteiger charge is 2.38. The molecular formula is C93H77Cl7F8N20O7. The number of nitriles is 3. The summed E-state index contributed by atoms with van der Waals surface area (Å²) in [5.74, 6) is -14.2. The third kappa shape index (κ3) is 17.6. The number of phenols is 1. The number of nitrogens with two attached hydrogens (primary N) is 2. The molecule has 27 nitrogen and oxygen atoms in total. The van der Waals surface area contributed by atoms with Crippen LogP contribution in [0.3, 0.4) is 0 Å². The lowest BCUT2D eigenvalue weighted by atomic mass is 10.0. The number of anilines is 5. The van der Waals surface area contributed by atoms with E-state index in [1.165, 1.54) is 50.1 Å². The Morgan fingerprint density at radius 3 is 0.911 bits per heavy atom. The van der Waals surface area contributed by atoms with E-state index in [1.54, 1.807) is 87.0 Å². The van der Waals surface area contributed by atoms with Gasteiger partial charge in [0.1, 0.15) is 84.0 Å². The number of pyridine rings is 9. The van der Waals surface area contributed by atoms with Crippen LogP contribution in [0.25, 0.3) is 83.9 Å². The van der Waals surface area contributed by atoms with Crippen LogP contribution in [-0.2, 0) is 14.4 Å². The number of halogens is 15. The Bertz CT molecular complexity index is 6650. The highest BCUT2D eigenvalue weighted by molar-refractivity contribution is 6.39. The zero-order chi connectivity index (χ0) is 98.7. The lowest BCUT2D eigenvalue weighted by molar-refractivity contribution is -0.127. The average Bonchev–Trinajstić information content (AvgIpc) is 0.728. The fourth-order valence-electron chi connectivity index (χ4n) is 16.5. The summed E-state index contributed by atoms with van der Waals surface area (Å²) in [5.41, 5.74) is 7.35. The number of piperazine rings is 3. The normalized spacial score (nSPS) is 13.4. The molecule has 135 heavy (non-hydrogen) atoms. The van der Waals surface area contributed by atoms with Crippen LogP contribution in [-0.4, -0.2) is 160 Å². The predicted octanol–water partition coefficient (Wildman–Crippen LogP) is 18.3. The number of carbonyl (C=O) groups excluding carboxylic acids is 3. The molecule has 9 aromatic heterocycles. The summed E-state index contributed by atoms with van der Waals surface area (Å²) in [6.45, 7) is 30.2. The van der Waals surface area contributed by atoms with Crippen molar-refractivity contribution in [1.82, 2.24) is 58.3 Å². The number of hydrogen-bond donors (Lipinski definition) is 3. The first-order valence-corrected chi connectivity index (χ1v) is 43.9. The number of aromatic hydroxyl groups is 1. The lowest BCUT2D eigenvalue weighted by Crippen LogP contribution is -2.49. The molecule has 12 heterocycles. The number of carbonyl (C=O) groups is 3. The van der Waals surface area contributed by atoms with E-state index < -0.39 is 129 Å². The molecule has 0 unspecified atom stereocenters. The Morgan fingerprint density at radius 2 is 0.659 bits per heavy atom. The minimum absolute atomic E-state index is 0.0210. The van der Waals surface area contributed by atoms with Crippen LogP contribution in [0.5, 0.6) is 5.75 Å². The maximum Gasteiger partial charge on any atom is 0.276 e. The predicted molar refractivity (Wildman–Crippen MR) is 505 cm³/mol. The molecule has 3 saturated heterocycles. The lowest BCUT2D eigenvalue weighted by Gasteiger charge is -2.36. The van der Waals surface area contributed by atoms with Gasteiger partial charge in [0.15, 0.2) is 46.5 Å². The van der Waals surface area contributed by atoms with Crippen molar-refractivity contribution < 1.29 is 54.6 Å². The summed E-state index contributed by atoms with van der Waals surface area (Å²) in [6.07, 6.45) is 8.37. The van der Waals surface area contributed by atoms with E-state index >= 15 is 17.6 Å². The maximum atomic E-state index is 15.4. The zero-order valence-corrected chi connectivity index (χ0v) is 78.3. The van der Waals surface area contributed by atoms with Crippen LogP contribution in [0.15, 0.2) is 107 Å². The van der Waals surface area contributed by atoms with Gasteiger partial charge >= 0.3 is 0 Å². The number of phenolic OH excluding ortho intramolecular Hbond substituents is 1. The van der Waals surface area contributed by atoms with Gasteiger partial charge in [-0.05, 0) is 110 Å². The number of hydrogen-bond acceptors (Lipinski definition) is 21. The van der Waals surface area contributed by atoms with Crippen molar-refractivity contribution in [3.63, 3.8) is 0 Å². The van der Waals surface area contributed by atoms with Gasteiger partial charge in [-0.1, -0.05) is 142 Å². The van der Waals surface area contributed by atoms with Gasteiger partial charge in [0.25, 0.3) is 16.7 Å². The molecule has 5 N–H and O–H groups in total. The van der Waals surface area contributed by atoms with Crippen LogP contribution in [0.2, 0.25) is 35.2 Å². The molecule has 0 saturated carbocycles. The molecule has 3 aliphatic heterocycles. The highest BCUT2D eigenvalue weighted by Crippen LogP contribution is 2.50. The third-order valence-corrected chi connectivity index (χ3v) is 25.4. The Balaban J connectivity index is 0.000000171. The Hall–Kier alpha value is -13.4. The molecule has 15 rings (SSSR count). The molecule has 3 aliphatic rings. The number of benzene rings is 3. The number of rotatable bonds is 15. The van der Waals surface area contributed by atoms with Gasteiger partial charge in [-0.2, -0.15) is 15.8 Å². The number of aryl methyl sites for hydroxylation is 3. The summed E-state index contributed by atoms with van der Waals surface area (Å²) in [7, 11) is 0. The van der Waals surface area contributed by atoms with Crippen LogP contribution < -0.4 is 42.8 Å². The second-order valence-corrected chi connectivity index (χ2v) is 34.9. The van der Waals surface area contributed by atoms with E-state index in [2.05, 4.69) is 49.6 Å². The topological polar surface area (TPSA) is 358 Å². The Morgan fingerprint density at radius 1 is 0.400 bits per heavy atom. The van der Waals surface area contributed by atoms with Crippen LogP contribution in [0, 0.1) is 101 Å². The number of amides is 3. The molecule has 0 bridgehead atoms. The first-order chi connectivity index (χ1) is 64.0. The van der Waals surface area contributed by atoms with Crippen molar-refractivity contribution in [3.05, 3.63) is 256 Å². The van der Waals surface area contributed by atoms with Crippen LogP contribution in [0.1, 0.15) is 110 Å². The third-order valence-electron chi connectivity index (χ3n) is 23.1. The number of nitrogens with zero attached hydrogens (tertiary/aromatic N) is 18. The minimum Gasteiger partial charge on any atom is -0.506 e. The first kappa shape index (κ1) is 99.0. The molecule has 3 fully saturated rings. The van der Waals surface area contributed by atoms with E-state index in [4.69, 9.17) is 92.7 Å². The molecule has 12 aromatic rings. The van der Waals surface area contributed by atoms with E-state index in [1.807, 2.05) is 59.8 Å². The monoisotopic (exact) mass is 1980 g/mol. The smallest absolute Gasteiger partial charge is 0.276 e. The second kappa shape index (κ2) is 39.6. The summed E-state index contributed by atoms with van der Waals surface area (Å²) in [6, 6.07) is 15.2. The molecule has 3 aromatic carbocycles. The van der Waals surface area contributed by atoms with Crippen molar-refractivity contribution >= 4 is 160 Å². The van der Waals surface area contributed by atoms with Crippen molar-refractivity contribution in [1.29, 1.82) is 15.8 Å². The van der Waals surface area contributed by atoms with E-state index in [0.29, 0.717) is 50.8 Å². The summed E-state index contributed by atoms with van der Waals surface area (Å²) >= 11 is 43.6. The fraction of sp³-hybridized carbons (Fsp3) is 0.258. The molecule has 0 aliphatic carbocycles. The van der Waals surface area contributed by atoms with Gasteiger partial charge < -0.3 is 46.0 Å². The molecule has 42 heteroatoms. The number of aromatic nitrogens is 9. The minimum atomic E-state index is -1.56. The van der Waals surface area contributed by atoms with E-state index in [9.17, 15) is 67.2 Å². The molecular weight excluding hydrogens is 1910 g/mol. The standard InChI is InChI=1S/C31H25Cl3F2N6O3.2C31H26Cl2F3N7O2/c1-5-19(43)40-8-10-41(11-9-40)28-16-12-18(32)26(20-21(33)23(35)24(36)22(34)29(20)44)39-30(16)42(31(45)17(28)13-37)27-15(4)6-7-38-25(27)14(2)3;2*1-5-19(44)41-8-10-42(11-9-41)29-16-12-18(32)27(20-22(34)21(33)24(36)25(38)23(20)35)40-30(16)43(31(45)17(29)13-37)28-15(4)6-7-39-26(28)14(2)3/h5-7,12,14,44H,1,8-11H2,2-4H3;2*5-7,12,14H,1,8-11,38H2,2-4H3. The van der Waals surface area contributed by atoms with Gasteiger partial charge in [-0.15, -0.1) is 0 Å². The summed E-state index contributed by atoms with van der Waals surface area (Å²) in [5, 5.41) is 37.9. The fourth-order valence-corrected chi connectivity index (χ4v) is 18.1. The van der Waals surface area contributed by atoms with E-state index in [-0.39, 0.29) is 202 Å². The Labute approximate surface area is 799 Å². The second-order valence-electron chi connectivity index (χ2n) is 32.2. The van der Waals surface area contributed by atoms with Gasteiger partial charge in [0.2, 0.25) is 17.7 Å². The first-order valence-electron chi connectivity index (χ1n) is 41.2. The van der Waals surface area contributed by atoms with Crippen molar-refractivity contribution in [2.45, 2.75) is 80.1 Å². The van der Waals surface area contributed by atoms with Crippen molar-refractivity contribution in [2.24, 2.45) is 0 Å². The quantitative estimate of drug-likeness (QED) is 0.0282. The molecule has 696 valence electrons. The van der Waals surface area contributed by atoms with Crippen molar-refractivity contribution in [3.8, 4) is 74.8 Å². The largest absolute Gasteiger partial charge is 0.506 e. The van der Waals surface area contributed by atoms with Crippen LogP contribution in [0.4, 0.5) is 63.6 Å². The SMILES string of the molecule is C=CC(=O)N1CCN(c2c(C#N)c(=O)n(-c3c(C)ccnc3C(C)C)c3nc(-c4c(F)c(N)c(F)c(Cl)c4F)c(Cl)cc23)CC1.C=CC(=O)N1CCN(c2c(C#N)c(=O)n(-c3c(C)ccnc3C(C)C)c3nc(-c4c(F)c(N)c(F)c(Cl)c4F)c(Cl)cc23)CC1.C=CC(=O)N1CCN(c2c(C#N)c(=O)n(-c3c(C)ccnc3C(C)C)c3nc(-c4c(O)c(Cl)c(F)c(F)c4Cl)c(Cl)cc23)CC1. The van der Waals surface area contributed by atoms with Gasteiger partial charge in [0, 0.05) is 113 Å². The molecule has 3 amide bonds. The maximum absolute atomic E-state index is 15.4. The van der Waals surface area contributed by atoms with Gasteiger partial charge in [-0.25, -0.2) is 50.1 Å². The van der Waals surface area contributed by atoms with Gasteiger partial charge in [-0.3, -0.25) is 57.4 Å². The highest BCUT2D eigenvalue weighted by atomic mass is 35.5. The summed E-state index contributed by atoms with van der Waals surface area (Å²) < 4.78 is 123. The average molecular weight is 1990 g/mol. The summed E-state index contributed by atoms with van der Waals surface area (Å²) in [4.78, 5) is 117. The molecule has 0 radical (unpaired) electrons. The molecule has 0 spiro atoms.